The van der Waals surface area contributed by atoms with Crippen LogP contribution in [0.25, 0.3) is 0 Å². The Hall–Kier alpha value is -1.06. The lowest BCUT2D eigenvalue weighted by Gasteiger charge is -2.38. The van der Waals surface area contributed by atoms with Crippen LogP contribution in [0.2, 0.25) is 0 Å². The standard InChI is InChI=1S/C17H26O3/c1-4-7-14-12-17(18,10-11-19-14)15-8-5-6-9-16(15)20-13(2)3/h5-6,8-9,13-14,18H,4,7,10-12H2,1-3H3. The largest absolute Gasteiger partial charge is 0.491 e. The van der Waals surface area contributed by atoms with Gasteiger partial charge in [0.05, 0.1) is 24.4 Å². The molecule has 1 N–H and O–H groups in total. The average Bonchev–Trinajstić information content (AvgIpc) is 2.39. The molecule has 1 saturated heterocycles. The normalized spacial score (nSPS) is 26.8. The third-order valence-electron chi connectivity index (χ3n) is 3.80. The lowest BCUT2D eigenvalue weighted by atomic mass is 9.82. The first-order chi connectivity index (χ1) is 9.55. The summed E-state index contributed by atoms with van der Waals surface area (Å²) in [5, 5.41) is 11.1. The van der Waals surface area contributed by atoms with Gasteiger partial charge in [0.15, 0.2) is 0 Å². The Kier molecular flexibility index (Phi) is 5.06. The van der Waals surface area contributed by atoms with E-state index in [2.05, 4.69) is 6.92 Å². The zero-order valence-electron chi connectivity index (χ0n) is 12.8. The second kappa shape index (κ2) is 6.59. The van der Waals surface area contributed by atoms with E-state index in [0.29, 0.717) is 19.4 Å². The fourth-order valence-corrected chi connectivity index (χ4v) is 2.89. The fraction of sp³-hybridized carbons (Fsp3) is 0.647. The highest BCUT2D eigenvalue weighted by Crippen LogP contribution is 2.40. The number of hydrogen-bond donors (Lipinski definition) is 1. The number of aliphatic hydroxyl groups is 1. The molecule has 1 aromatic carbocycles. The number of para-hydroxylation sites is 1. The molecule has 1 aliphatic rings. The van der Waals surface area contributed by atoms with E-state index in [0.717, 1.165) is 24.2 Å². The highest BCUT2D eigenvalue weighted by Gasteiger charge is 2.38. The molecule has 1 aliphatic heterocycles. The van der Waals surface area contributed by atoms with Crippen molar-refractivity contribution in [2.75, 3.05) is 6.61 Å². The molecular weight excluding hydrogens is 252 g/mol. The first-order valence-corrected chi connectivity index (χ1v) is 7.65. The zero-order valence-corrected chi connectivity index (χ0v) is 12.8. The molecular formula is C17H26O3. The van der Waals surface area contributed by atoms with Crippen LogP contribution in [0, 0.1) is 0 Å². The van der Waals surface area contributed by atoms with Crippen molar-refractivity contribution in [1.29, 1.82) is 0 Å². The summed E-state index contributed by atoms with van der Waals surface area (Å²) in [4.78, 5) is 0. The van der Waals surface area contributed by atoms with Gasteiger partial charge in [0.1, 0.15) is 5.75 Å². The van der Waals surface area contributed by atoms with Crippen molar-refractivity contribution in [3.05, 3.63) is 29.8 Å². The summed E-state index contributed by atoms with van der Waals surface area (Å²) in [5.41, 5.74) is 0.0712. The van der Waals surface area contributed by atoms with Crippen molar-refractivity contribution in [2.24, 2.45) is 0 Å². The van der Waals surface area contributed by atoms with Crippen LogP contribution >= 0.6 is 0 Å². The highest BCUT2D eigenvalue weighted by atomic mass is 16.5. The van der Waals surface area contributed by atoms with Gasteiger partial charge in [0.25, 0.3) is 0 Å². The SMILES string of the molecule is CCCC1CC(O)(c2ccccc2OC(C)C)CCO1. The van der Waals surface area contributed by atoms with E-state index < -0.39 is 5.60 Å². The van der Waals surface area contributed by atoms with Crippen molar-refractivity contribution in [3.8, 4) is 5.75 Å². The molecule has 0 bridgehead atoms. The molecule has 0 saturated carbocycles. The van der Waals surface area contributed by atoms with Gasteiger partial charge >= 0.3 is 0 Å². The molecule has 0 spiro atoms. The lowest BCUT2D eigenvalue weighted by Crippen LogP contribution is -2.39. The van der Waals surface area contributed by atoms with Gasteiger partial charge in [0, 0.05) is 18.4 Å². The van der Waals surface area contributed by atoms with Gasteiger partial charge in [-0.3, -0.25) is 0 Å². The summed E-state index contributed by atoms with van der Waals surface area (Å²) in [6.45, 7) is 6.76. The lowest BCUT2D eigenvalue weighted by molar-refractivity contribution is -0.111. The molecule has 2 atom stereocenters. The van der Waals surface area contributed by atoms with Crippen LogP contribution in [0.3, 0.4) is 0 Å². The Morgan fingerprint density at radius 3 is 2.85 bits per heavy atom. The minimum atomic E-state index is -0.830. The maximum atomic E-state index is 11.1. The molecule has 1 aromatic rings. The molecule has 0 amide bonds. The van der Waals surface area contributed by atoms with E-state index in [1.54, 1.807) is 0 Å². The monoisotopic (exact) mass is 278 g/mol. The molecule has 1 fully saturated rings. The smallest absolute Gasteiger partial charge is 0.125 e. The quantitative estimate of drug-likeness (QED) is 0.893. The van der Waals surface area contributed by atoms with Crippen LogP contribution < -0.4 is 4.74 Å². The van der Waals surface area contributed by atoms with E-state index in [4.69, 9.17) is 9.47 Å². The summed E-state index contributed by atoms with van der Waals surface area (Å²) in [6, 6.07) is 7.84. The summed E-state index contributed by atoms with van der Waals surface area (Å²) in [7, 11) is 0. The van der Waals surface area contributed by atoms with Crippen molar-refractivity contribution in [2.45, 2.75) is 64.3 Å². The van der Waals surface area contributed by atoms with E-state index in [1.807, 2.05) is 38.1 Å². The third-order valence-corrected chi connectivity index (χ3v) is 3.80. The molecule has 0 aliphatic carbocycles. The maximum absolute atomic E-state index is 11.1. The van der Waals surface area contributed by atoms with Crippen LogP contribution in [0.15, 0.2) is 24.3 Å². The summed E-state index contributed by atoms with van der Waals surface area (Å²) < 4.78 is 11.6. The summed E-state index contributed by atoms with van der Waals surface area (Å²) in [5.74, 6) is 0.794. The average molecular weight is 278 g/mol. The molecule has 112 valence electrons. The van der Waals surface area contributed by atoms with Crippen LogP contribution in [-0.4, -0.2) is 23.9 Å². The number of benzene rings is 1. The minimum Gasteiger partial charge on any atom is -0.491 e. The van der Waals surface area contributed by atoms with Crippen LogP contribution in [0.1, 0.15) is 52.0 Å². The van der Waals surface area contributed by atoms with Crippen molar-refractivity contribution >= 4 is 0 Å². The van der Waals surface area contributed by atoms with Crippen molar-refractivity contribution < 1.29 is 14.6 Å². The van der Waals surface area contributed by atoms with E-state index in [-0.39, 0.29) is 12.2 Å². The molecule has 2 rings (SSSR count). The molecule has 0 aromatic heterocycles. The van der Waals surface area contributed by atoms with E-state index >= 15 is 0 Å². The Labute approximate surface area is 121 Å². The van der Waals surface area contributed by atoms with Gasteiger partial charge in [-0.25, -0.2) is 0 Å². The molecule has 20 heavy (non-hydrogen) atoms. The first kappa shape index (κ1) is 15.3. The van der Waals surface area contributed by atoms with Crippen LogP contribution in [0.5, 0.6) is 5.75 Å². The predicted molar refractivity (Wildman–Crippen MR) is 80.0 cm³/mol. The van der Waals surface area contributed by atoms with Crippen LogP contribution in [-0.2, 0) is 10.3 Å². The topological polar surface area (TPSA) is 38.7 Å². The third kappa shape index (κ3) is 3.53. The Bertz CT molecular complexity index is 428. The van der Waals surface area contributed by atoms with Gasteiger partial charge in [-0.05, 0) is 26.3 Å². The second-order valence-corrected chi connectivity index (χ2v) is 5.93. The van der Waals surface area contributed by atoms with Crippen LogP contribution in [0.4, 0.5) is 0 Å². The summed E-state index contributed by atoms with van der Waals surface area (Å²) >= 11 is 0. The molecule has 2 unspecified atom stereocenters. The zero-order chi connectivity index (χ0) is 14.6. The minimum absolute atomic E-state index is 0.103. The summed E-state index contributed by atoms with van der Waals surface area (Å²) in [6.07, 6.45) is 3.60. The van der Waals surface area contributed by atoms with Gasteiger partial charge in [-0.15, -0.1) is 0 Å². The predicted octanol–water partition coefficient (Wildman–Crippen LogP) is 3.64. The number of ether oxygens (including phenoxy) is 2. The number of rotatable bonds is 5. The Balaban J connectivity index is 2.24. The van der Waals surface area contributed by atoms with E-state index in [9.17, 15) is 5.11 Å². The van der Waals surface area contributed by atoms with Gasteiger partial charge < -0.3 is 14.6 Å². The molecule has 0 radical (unpaired) electrons. The van der Waals surface area contributed by atoms with Gasteiger partial charge in [0.2, 0.25) is 0 Å². The first-order valence-electron chi connectivity index (χ1n) is 7.65. The molecule has 3 heteroatoms. The van der Waals surface area contributed by atoms with Crippen molar-refractivity contribution in [1.82, 2.24) is 0 Å². The van der Waals surface area contributed by atoms with Crippen molar-refractivity contribution in [3.63, 3.8) is 0 Å². The molecule has 1 heterocycles. The fourth-order valence-electron chi connectivity index (χ4n) is 2.89. The Morgan fingerprint density at radius 1 is 1.40 bits per heavy atom. The number of hydrogen-bond acceptors (Lipinski definition) is 3. The highest BCUT2D eigenvalue weighted by molar-refractivity contribution is 5.38. The second-order valence-electron chi connectivity index (χ2n) is 5.93. The molecule has 3 nitrogen and oxygen atoms in total. The van der Waals surface area contributed by atoms with Gasteiger partial charge in [-0.1, -0.05) is 31.5 Å². The Morgan fingerprint density at radius 2 is 2.15 bits per heavy atom. The van der Waals surface area contributed by atoms with E-state index in [1.165, 1.54) is 0 Å². The van der Waals surface area contributed by atoms with Gasteiger partial charge in [-0.2, -0.15) is 0 Å². The maximum Gasteiger partial charge on any atom is 0.125 e.